The number of rotatable bonds is 4. The number of aromatic nitrogens is 1. The molecule has 0 unspecified atom stereocenters. The molecule has 0 aromatic carbocycles. The molecule has 3 rings (SSSR count). The Bertz CT molecular complexity index is 952. The van der Waals surface area contributed by atoms with Crippen molar-refractivity contribution in [1.29, 1.82) is 5.26 Å². The summed E-state index contributed by atoms with van der Waals surface area (Å²) < 4.78 is 4.91. The van der Waals surface area contributed by atoms with Crippen molar-refractivity contribution in [2.45, 2.75) is 19.3 Å². The summed E-state index contributed by atoms with van der Waals surface area (Å²) in [4.78, 5) is 29.0. The van der Waals surface area contributed by atoms with Crippen LogP contribution in [-0.4, -0.2) is 23.5 Å². The minimum absolute atomic E-state index is 0.0218. The molecule has 10 heteroatoms. The van der Waals surface area contributed by atoms with E-state index in [4.69, 9.17) is 39.5 Å². The smallest absolute Gasteiger partial charge is 0.359 e. The predicted octanol–water partition coefficient (Wildman–Crippen LogP) is 4.26. The molecule has 2 heterocycles. The van der Waals surface area contributed by atoms with Gasteiger partial charge in [-0.15, -0.1) is 11.3 Å². The number of halogens is 3. The molecule has 1 amide bonds. The first-order valence-electron chi connectivity index (χ1n) is 7.43. The van der Waals surface area contributed by atoms with E-state index in [2.05, 4.69) is 16.4 Å². The van der Waals surface area contributed by atoms with Gasteiger partial charge in [0.05, 0.1) is 20.6 Å². The Morgan fingerprint density at radius 3 is 2.81 bits per heavy atom. The Morgan fingerprint density at radius 1 is 1.31 bits per heavy atom. The number of esters is 1. The molecule has 0 saturated carbocycles. The number of nitrogens with one attached hydrogen (secondary N) is 1. The van der Waals surface area contributed by atoms with Crippen LogP contribution < -0.4 is 5.32 Å². The van der Waals surface area contributed by atoms with Gasteiger partial charge in [-0.3, -0.25) is 4.79 Å². The number of aryl methyl sites for hydroxylation is 1. The molecule has 0 fully saturated rings. The van der Waals surface area contributed by atoms with Crippen molar-refractivity contribution < 1.29 is 14.3 Å². The number of fused-ring (bicyclic) bond motifs is 1. The molecule has 1 aliphatic rings. The van der Waals surface area contributed by atoms with Crippen molar-refractivity contribution in [3.8, 4) is 6.07 Å². The van der Waals surface area contributed by atoms with Crippen LogP contribution in [0.4, 0.5) is 5.00 Å². The van der Waals surface area contributed by atoms with Gasteiger partial charge in [0.1, 0.15) is 11.1 Å². The zero-order valence-corrected chi connectivity index (χ0v) is 16.2. The Balaban J connectivity index is 1.64. The number of amides is 1. The number of anilines is 1. The molecule has 2 aromatic rings. The quantitative estimate of drug-likeness (QED) is 0.732. The number of pyridine rings is 1. The largest absolute Gasteiger partial charge is 0.451 e. The van der Waals surface area contributed by atoms with Crippen LogP contribution in [0.15, 0.2) is 6.20 Å². The normalized spacial score (nSPS) is 12.4. The summed E-state index contributed by atoms with van der Waals surface area (Å²) in [7, 11) is 0. The lowest BCUT2D eigenvalue weighted by atomic mass is 10.1. The van der Waals surface area contributed by atoms with Crippen molar-refractivity contribution in [3.05, 3.63) is 43.0 Å². The van der Waals surface area contributed by atoms with E-state index in [1.165, 1.54) is 17.5 Å². The maximum absolute atomic E-state index is 12.1. The molecule has 134 valence electrons. The molecular formula is C16H10Cl3N3O3S. The first kappa shape index (κ1) is 18.9. The molecule has 0 atom stereocenters. The van der Waals surface area contributed by atoms with Crippen molar-refractivity contribution >= 4 is 63.0 Å². The summed E-state index contributed by atoms with van der Waals surface area (Å²) in [5, 5.41) is 12.3. The van der Waals surface area contributed by atoms with Crippen LogP contribution in [0.25, 0.3) is 0 Å². The molecule has 26 heavy (non-hydrogen) atoms. The average molecular weight is 431 g/mol. The second kappa shape index (κ2) is 7.80. The topological polar surface area (TPSA) is 92.1 Å². The van der Waals surface area contributed by atoms with Crippen molar-refractivity contribution in [2.24, 2.45) is 0 Å². The lowest BCUT2D eigenvalue weighted by Crippen LogP contribution is -2.21. The lowest BCUT2D eigenvalue weighted by Gasteiger charge is -2.07. The monoisotopic (exact) mass is 429 g/mol. The first-order chi connectivity index (χ1) is 12.4. The molecular weight excluding hydrogens is 421 g/mol. The third kappa shape index (κ3) is 3.64. The SMILES string of the molecule is N#Cc1c(NC(=O)COC(=O)c2ncc(Cl)c(Cl)c2Cl)sc2c1CCC2. The van der Waals surface area contributed by atoms with Crippen LogP contribution in [0.3, 0.4) is 0 Å². The summed E-state index contributed by atoms with van der Waals surface area (Å²) in [5.74, 6) is -1.47. The lowest BCUT2D eigenvalue weighted by molar-refractivity contribution is -0.119. The Hall–Kier alpha value is -1.85. The third-order valence-electron chi connectivity index (χ3n) is 3.73. The summed E-state index contributed by atoms with van der Waals surface area (Å²) in [6.45, 7) is -0.551. The van der Waals surface area contributed by atoms with Gasteiger partial charge >= 0.3 is 5.97 Å². The summed E-state index contributed by atoms with van der Waals surface area (Å²) in [5.41, 5.74) is 1.25. The highest BCUT2D eigenvalue weighted by atomic mass is 35.5. The molecule has 0 spiro atoms. The van der Waals surface area contributed by atoms with Crippen molar-refractivity contribution in [2.75, 3.05) is 11.9 Å². The van der Waals surface area contributed by atoms with E-state index in [1.807, 2.05) is 0 Å². The second-order valence-electron chi connectivity index (χ2n) is 5.38. The minimum atomic E-state index is -0.905. The number of ether oxygens (including phenoxy) is 1. The standard InChI is InChI=1S/C16H10Cl3N3O3S/c17-9-5-21-14(13(19)12(9)18)16(24)25-6-11(23)22-15-8(4-20)7-2-1-3-10(7)26-15/h5H,1-3,6H2,(H,22,23). The van der Waals surface area contributed by atoms with E-state index < -0.39 is 18.5 Å². The van der Waals surface area contributed by atoms with Crippen LogP contribution in [0.1, 0.15) is 32.9 Å². The number of carbonyl (C=O) groups is 2. The van der Waals surface area contributed by atoms with E-state index in [1.54, 1.807) is 0 Å². The van der Waals surface area contributed by atoms with E-state index in [0.717, 1.165) is 29.7 Å². The summed E-state index contributed by atoms with van der Waals surface area (Å²) in [6, 6.07) is 2.12. The second-order valence-corrected chi connectivity index (χ2v) is 7.65. The number of nitrogens with zero attached hydrogens (tertiary/aromatic N) is 2. The van der Waals surface area contributed by atoms with Gasteiger partial charge in [0.15, 0.2) is 12.3 Å². The minimum Gasteiger partial charge on any atom is -0.451 e. The number of nitriles is 1. The van der Waals surface area contributed by atoms with E-state index >= 15 is 0 Å². The summed E-state index contributed by atoms with van der Waals surface area (Å²) in [6.07, 6.45) is 3.92. The van der Waals surface area contributed by atoms with Crippen molar-refractivity contribution in [1.82, 2.24) is 4.98 Å². The predicted molar refractivity (Wildman–Crippen MR) is 99.2 cm³/mol. The van der Waals surface area contributed by atoms with Crippen LogP contribution in [-0.2, 0) is 22.4 Å². The van der Waals surface area contributed by atoms with Crippen LogP contribution in [0.5, 0.6) is 0 Å². The Labute approximate surface area is 167 Å². The van der Waals surface area contributed by atoms with Gasteiger partial charge in [-0.1, -0.05) is 34.8 Å². The Morgan fingerprint density at radius 2 is 2.08 bits per heavy atom. The number of hydrogen-bond acceptors (Lipinski definition) is 6. The maximum atomic E-state index is 12.1. The first-order valence-corrected chi connectivity index (χ1v) is 9.38. The number of carbonyl (C=O) groups excluding carboxylic acids is 2. The fraction of sp³-hybridized carbons (Fsp3) is 0.250. The molecule has 0 aliphatic heterocycles. The number of thiophene rings is 1. The molecule has 0 radical (unpaired) electrons. The fourth-order valence-electron chi connectivity index (χ4n) is 2.56. The highest BCUT2D eigenvalue weighted by molar-refractivity contribution is 7.16. The molecule has 2 aromatic heterocycles. The Kier molecular flexibility index (Phi) is 5.68. The van der Waals surface area contributed by atoms with Crippen molar-refractivity contribution in [3.63, 3.8) is 0 Å². The van der Waals surface area contributed by atoms with E-state index in [0.29, 0.717) is 10.6 Å². The molecule has 6 nitrogen and oxygen atoms in total. The van der Waals surface area contributed by atoms with Gasteiger partial charge in [-0.05, 0) is 24.8 Å². The van der Waals surface area contributed by atoms with E-state index in [9.17, 15) is 14.9 Å². The zero-order valence-electron chi connectivity index (χ0n) is 13.1. The molecule has 0 saturated heterocycles. The third-order valence-corrected chi connectivity index (χ3v) is 6.18. The van der Waals surface area contributed by atoms with Crippen LogP contribution >= 0.6 is 46.1 Å². The molecule has 1 N–H and O–H groups in total. The average Bonchev–Trinajstić information content (AvgIpc) is 3.18. The molecule has 1 aliphatic carbocycles. The van der Waals surface area contributed by atoms with Gasteiger partial charge in [0.2, 0.25) is 0 Å². The molecule has 0 bridgehead atoms. The van der Waals surface area contributed by atoms with Gasteiger partial charge in [-0.2, -0.15) is 5.26 Å². The van der Waals surface area contributed by atoms with E-state index in [-0.39, 0.29) is 20.8 Å². The van der Waals surface area contributed by atoms with Gasteiger partial charge in [0.25, 0.3) is 5.91 Å². The maximum Gasteiger partial charge on any atom is 0.359 e. The summed E-state index contributed by atoms with van der Waals surface area (Å²) >= 11 is 18.9. The zero-order chi connectivity index (χ0) is 18.8. The highest BCUT2D eigenvalue weighted by Crippen LogP contribution is 2.38. The van der Waals surface area contributed by atoms with Gasteiger partial charge in [0, 0.05) is 11.1 Å². The fourth-order valence-corrected chi connectivity index (χ4v) is 4.37. The van der Waals surface area contributed by atoms with Crippen LogP contribution in [0.2, 0.25) is 15.1 Å². The highest BCUT2D eigenvalue weighted by Gasteiger charge is 2.24. The van der Waals surface area contributed by atoms with Gasteiger partial charge in [-0.25, -0.2) is 9.78 Å². The number of hydrogen-bond donors (Lipinski definition) is 1. The van der Waals surface area contributed by atoms with Crippen LogP contribution in [0, 0.1) is 11.3 Å². The van der Waals surface area contributed by atoms with Gasteiger partial charge < -0.3 is 10.1 Å².